The molecule has 146 valence electrons. The van der Waals surface area contributed by atoms with Crippen molar-refractivity contribution in [1.29, 1.82) is 0 Å². The molecule has 1 heterocycles. The van der Waals surface area contributed by atoms with Crippen LogP contribution in [-0.4, -0.2) is 29.4 Å². The zero-order valence-electron chi connectivity index (χ0n) is 15.6. The molecule has 0 spiro atoms. The number of nitrogens with zero attached hydrogens (tertiary/aromatic N) is 1. The van der Waals surface area contributed by atoms with Crippen molar-refractivity contribution in [3.05, 3.63) is 47.5 Å². The van der Waals surface area contributed by atoms with E-state index in [1.807, 2.05) is 6.92 Å². The van der Waals surface area contributed by atoms with E-state index in [9.17, 15) is 14.7 Å². The standard InChI is InChI=1S/C20H21N3O5/c1-3-4-19(25)21-14-6-7-16(24)15(10-14)12(2)22-23-20(26)13-5-8-17-18(9-13)28-11-27-17/h5-10,24H,3-4,11H2,1-2H3,(H,21,25)(H,23,26)/b22-12+. The number of carbonyl (C=O) groups excluding carboxylic acids is 2. The first-order valence-corrected chi connectivity index (χ1v) is 8.85. The second kappa shape index (κ2) is 8.43. The van der Waals surface area contributed by atoms with Crippen LogP contribution in [-0.2, 0) is 4.79 Å². The zero-order chi connectivity index (χ0) is 20.1. The van der Waals surface area contributed by atoms with E-state index in [2.05, 4.69) is 15.8 Å². The van der Waals surface area contributed by atoms with E-state index in [0.29, 0.717) is 40.4 Å². The Balaban J connectivity index is 1.72. The molecule has 0 aliphatic carbocycles. The van der Waals surface area contributed by atoms with Gasteiger partial charge in [-0.25, -0.2) is 5.43 Å². The third-order valence-corrected chi connectivity index (χ3v) is 4.11. The van der Waals surface area contributed by atoms with Gasteiger partial charge in [-0.2, -0.15) is 5.10 Å². The van der Waals surface area contributed by atoms with Crippen molar-refractivity contribution >= 4 is 23.2 Å². The maximum atomic E-state index is 12.3. The molecular weight excluding hydrogens is 362 g/mol. The largest absolute Gasteiger partial charge is 0.507 e. The van der Waals surface area contributed by atoms with Crippen molar-refractivity contribution in [2.45, 2.75) is 26.7 Å². The Morgan fingerprint density at radius 2 is 1.93 bits per heavy atom. The number of benzene rings is 2. The summed E-state index contributed by atoms with van der Waals surface area (Å²) < 4.78 is 10.5. The summed E-state index contributed by atoms with van der Waals surface area (Å²) in [5.41, 5.74) is 4.15. The van der Waals surface area contributed by atoms with Gasteiger partial charge in [-0.15, -0.1) is 0 Å². The van der Waals surface area contributed by atoms with Crippen LogP contribution < -0.4 is 20.2 Å². The number of anilines is 1. The summed E-state index contributed by atoms with van der Waals surface area (Å²) in [7, 11) is 0. The Hall–Kier alpha value is -3.55. The average Bonchev–Trinajstić information content (AvgIpc) is 3.15. The molecule has 2 aromatic rings. The van der Waals surface area contributed by atoms with E-state index >= 15 is 0 Å². The highest BCUT2D eigenvalue weighted by atomic mass is 16.7. The Bertz CT molecular complexity index is 939. The SMILES string of the molecule is CCCC(=O)Nc1ccc(O)c(/C(C)=N/NC(=O)c2ccc3c(c2)OCO3)c1. The van der Waals surface area contributed by atoms with Gasteiger partial charge in [-0.05, 0) is 49.7 Å². The van der Waals surface area contributed by atoms with Gasteiger partial charge in [0.2, 0.25) is 12.7 Å². The van der Waals surface area contributed by atoms with Crippen LogP contribution in [0.25, 0.3) is 0 Å². The third-order valence-electron chi connectivity index (χ3n) is 4.11. The monoisotopic (exact) mass is 383 g/mol. The van der Waals surface area contributed by atoms with Crippen LogP contribution in [0.4, 0.5) is 5.69 Å². The van der Waals surface area contributed by atoms with Crippen LogP contribution in [0.2, 0.25) is 0 Å². The van der Waals surface area contributed by atoms with E-state index in [-0.39, 0.29) is 18.4 Å². The fraction of sp³-hybridized carbons (Fsp3) is 0.250. The van der Waals surface area contributed by atoms with Gasteiger partial charge in [0.25, 0.3) is 5.91 Å². The molecule has 1 aliphatic rings. The van der Waals surface area contributed by atoms with Crippen LogP contribution in [0.5, 0.6) is 17.2 Å². The molecule has 0 unspecified atom stereocenters. The highest BCUT2D eigenvalue weighted by molar-refractivity contribution is 6.04. The number of phenolic OH excluding ortho intramolecular Hbond substituents is 1. The molecule has 3 rings (SSSR count). The highest BCUT2D eigenvalue weighted by Gasteiger charge is 2.16. The zero-order valence-corrected chi connectivity index (χ0v) is 15.6. The van der Waals surface area contributed by atoms with Crippen molar-refractivity contribution in [3.8, 4) is 17.2 Å². The topological polar surface area (TPSA) is 109 Å². The van der Waals surface area contributed by atoms with Gasteiger partial charge in [0.1, 0.15) is 5.75 Å². The van der Waals surface area contributed by atoms with Crippen LogP contribution >= 0.6 is 0 Å². The average molecular weight is 383 g/mol. The van der Waals surface area contributed by atoms with Crippen molar-refractivity contribution in [2.75, 3.05) is 12.1 Å². The second-order valence-electron chi connectivity index (χ2n) is 6.24. The first-order chi connectivity index (χ1) is 13.5. The lowest BCUT2D eigenvalue weighted by atomic mass is 10.1. The predicted molar refractivity (Wildman–Crippen MR) is 104 cm³/mol. The van der Waals surface area contributed by atoms with Crippen LogP contribution in [0.3, 0.4) is 0 Å². The summed E-state index contributed by atoms with van der Waals surface area (Å²) in [6.07, 6.45) is 1.15. The lowest BCUT2D eigenvalue weighted by Gasteiger charge is -2.09. The van der Waals surface area contributed by atoms with E-state index in [1.54, 1.807) is 37.3 Å². The number of fused-ring (bicyclic) bond motifs is 1. The molecule has 0 atom stereocenters. The van der Waals surface area contributed by atoms with Crippen LogP contribution in [0.1, 0.15) is 42.6 Å². The Kier molecular flexibility index (Phi) is 5.78. The minimum absolute atomic E-state index is 0.00734. The smallest absolute Gasteiger partial charge is 0.271 e. The summed E-state index contributed by atoms with van der Waals surface area (Å²) >= 11 is 0. The molecule has 0 fully saturated rings. The van der Waals surface area contributed by atoms with E-state index < -0.39 is 5.91 Å². The Morgan fingerprint density at radius 1 is 1.14 bits per heavy atom. The molecule has 3 N–H and O–H groups in total. The number of aromatic hydroxyl groups is 1. The number of nitrogens with one attached hydrogen (secondary N) is 2. The summed E-state index contributed by atoms with van der Waals surface area (Å²) in [6, 6.07) is 9.51. The lowest BCUT2D eigenvalue weighted by Crippen LogP contribution is -2.19. The predicted octanol–water partition coefficient (Wildman–Crippen LogP) is 3.01. The number of ether oxygens (including phenoxy) is 2. The Morgan fingerprint density at radius 3 is 2.71 bits per heavy atom. The van der Waals surface area contributed by atoms with Crippen molar-refractivity contribution in [3.63, 3.8) is 0 Å². The first kappa shape index (κ1) is 19.2. The number of carbonyl (C=O) groups is 2. The normalized spacial score (nSPS) is 12.6. The minimum atomic E-state index is -0.426. The number of amides is 2. The summed E-state index contributed by atoms with van der Waals surface area (Å²) in [5.74, 6) is 0.547. The van der Waals surface area contributed by atoms with Gasteiger partial charge in [-0.1, -0.05) is 6.92 Å². The van der Waals surface area contributed by atoms with Crippen LogP contribution in [0, 0.1) is 0 Å². The highest BCUT2D eigenvalue weighted by Crippen LogP contribution is 2.32. The molecular formula is C20H21N3O5. The minimum Gasteiger partial charge on any atom is -0.507 e. The van der Waals surface area contributed by atoms with E-state index in [1.165, 1.54) is 6.07 Å². The van der Waals surface area contributed by atoms with Gasteiger partial charge in [0.15, 0.2) is 11.5 Å². The Labute approximate surface area is 162 Å². The number of hydrogen-bond acceptors (Lipinski definition) is 6. The summed E-state index contributed by atoms with van der Waals surface area (Å²) in [5, 5.41) is 16.9. The quantitative estimate of drug-likeness (QED) is 0.404. The van der Waals surface area contributed by atoms with Gasteiger partial charge in [0.05, 0.1) is 5.71 Å². The van der Waals surface area contributed by atoms with Gasteiger partial charge in [-0.3, -0.25) is 9.59 Å². The third kappa shape index (κ3) is 4.40. The number of rotatable bonds is 6. The molecule has 0 saturated carbocycles. The molecule has 0 bridgehead atoms. The molecule has 8 nitrogen and oxygen atoms in total. The molecule has 2 amide bonds. The molecule has 8 heteroatoms. The maximum absolute atomic E-state index is 12.3. The fourth-order valence-electron chi connectivity index (χ4n) is 2.65. The summed E-state index contributed by atoms with van der Waals surface area (Å²) in [4.78, 5) is 24.1. The molecule has 2 aromatic carbocycles. The molecule has 28 heavy (non-hydrogen) atoms. The number of phenols is 1. The molecule has 0 aromatic heterocycles. The van der Waals surface area contributed by atoms with E-state index in [0.717, 1.165) is 6.42 Å². The molecule has 1 aliphatic heterocycles. The van der Waals surface area contributed by atoms with Crippen LogP contribution in [0.15, 0.2) is 41.5 Å². The van der Waals surface area contributed by atoms with Crippen molar-refractivity contribution < 1.29 is 24.2 Å². The summed E-state index contributed by atoms with van der Waals surface area (Å²) in [6.45, 7) is 3.69. The second-order valence-corrected chi connectivity index (χ2v) is 6.24. The van der Waals surface area contributed by atoms with E-state index in [4.69, 9.17) is 9.47 Å². The number of hydrazone groups is 1. The lowest BCUT2D eigenvalue weighted by molar-refractivity contribution is -0.116. The van der Waals surface area contributed by atoms with Gasteiger partial charge < -0.3 is 19.9 Å². The molecule has 0 radical (unpaired) electrons. The van der Waals surface area contributed by atoms with Crippen molar-refractivity contribution in [1.82, 2.24) is 5.43 Å². The maximum Gasteiger partial charge on any atom is 0.271 e. The number of hydrogen-bond donors (Lipinski definition) is 3. The molecule has 0 saturated heterocycles. The fourth-order valence-corrected chi connectivity index (χ4v) is 2.65. The van der Waals surface area contributed by atoms with Crippen molar-refractivity contribution in [2.24, 2.45) is 5.10 Å². The van der Waals surface area contributed by atoms with Gasteiger partial charge >= 0.3 is 0 Å². The first-order valence-electron chi connectivity index (χ1n) is 8.85. The van der Waals surface area contributed by atoms with Gasteiger partial charge in [0, 0.05) is 23.2 Å².